The van der Waals surface area contributed by atoms with Gasteiger partial charge in [-0.2, -0.15) is 0 Å². The van der Waals surface area contributed by atoms with Gasteiger partial charge in [-0.05, 0) is 22.3 Å². The van der Waals surface area contributed by atoms with Crippen molar-refractivity contribution in [2.24, 2.45) is 5.73 Å². The summed E-state index contributed by atoms with van der Waals surface area (Å²) in [6.45, 7) is 2.60. The topological polar surface area (TPSA) is 127 Å². The molecule has 34 heavy (non-hydrogen) atoms. The van der Waals surface area contributed by atoms with E-state index in [0.717, 1.165) is 22.3 Å². The standard InChI is InChI=1S/C25H31NO8/c26-9-10-30-11-12-31-13-14-32-15-16-33-23(24(27)28)25(29)34-17-22-20-7-3-1-5-18(20)19-6-2-4-8-21(19)22/h1-8,22-23H,9-17,26H2,(H,27,28). The van der Waals surface area contributed by atoms with E-state index >= 15 is 0 Å². The van der Waals surface area contributed by atoms with Crippen LogP contribution in [0.15, 0.2) is 48.5 Å². The number of hydrogen-bond acceptors (Lipinski definition) is 8. The predicted molar refractivity (Wildman–Crippen MR) is 124 cm³/mol. The van der Waals surface area contributed by atoms with Crippen molar-refractivity contribution in [1.82, 2.24) is 0 Å². The number of hydrogen-bond donors (Lipinski definition) is 2. The molecule has 0 aromatic heterocycles. The molecule has 1 unspecified atom stereocenters. The lowest BCUT2D eigenvalue weighted by Gasteiger charge is -2.17. The third kappa shape index (κ3) is 7.09. The Balaban J connectivity index is 1.40. The maximum atomic E-state index is 12.5. The van der Waals surface area contributed by atoms with E-state index in [0.29, 0.717) is 39.6 Å². The van der Waals surface area contributed by atoms with Crippen molar-refractivity contribution in [3.8, 4) is 11.1 Å². The first-order valence-electron chi connectivity index (χ1n) is 11.3. The van der Waals surface area contributed by atoms with Gasteiger partial charge in [-0.1, -0.05) is 48.5 Å². The first-order chi connectivity index (χ1) is 16.6. The quantitative estimate of drug-likeness (QED) is 0.213. The average molecular weight is 474 g/mol. The summed E-state index contributed by atoms with van der Waals surface area (Å²) in [4.78, 5) is 24.0. The van der Waals surface area contributed by atoms with E-state index in [2.05, 4.69) is 0 Å². The van der Waals surface area contributed by atoms with Crippen molar-refractivity contribution in [1.29, 1.82) is 0 Å². The zero-order valence-corrected chi connectivity index (χ0v) is 19.0. The van der Waals surface area contributed by atoms with E-state index in [-0.39, 0.29) is 25.7 Å². The van der Waals surface area contributed by atoms with Gasteiger partial charge in [0.25, 0.3) is 6.10 Å². The summed E-state index contributed by atoms with van der Waals surface area (Å²) in [6.07, 6.45) is -1.72. The molecular weight excluding hydrogens is 442 g/mol. The van der Waals surface area contributed by atoms with Crippen LogP contribution >= 0.6 is 0 Å². The van der Waals surface area contributed by atoms with Crippen LogP contribution in [0.4, 0.5) is 0 Å². The number of nitrogens with two attached hydrogens (primary N) is 1. The SMILES string of the molecule is NCCOCCOCCOCCOC(C(=O)O)C(=O)OCC1c2ccccc2-c2ccccc21. The summed E-state index contributed by atoms with van der Waals surface area (Å²) in [5.41, 5.74) is 9.59. The Bertz CT molecular complexity index is 889. The lowest BCUT2D eigenvalue weighted by atomic mass is 9.98. The Kier molecular flexibility index (Phi) is 10.5. The number of aliphatic carboxylic acids is 1. The van der Waals surface area contributed by atoms with E-state index in [9.17, 15) is 14.7 Å². The van der Waals surface area contributed by atoms with Gasteiger partial charge in [-0.15, -0.1) is 0 Å². The predicted octanol–water partition coefficient (Wildman–Crippen LogP) is 1.82. The molecular formula is C25H31NO8. The lowest BCUT2D eigenvalue weighted by Crippen LogP contribution is -2.36. The number of carboxylic acids is 1. The summed E-state index contributed by atoms with van der Waals surface area (Å²) in [5.74, 6) is -2.50. The summed E-state index contributed by atoms with van der Waals surface area (Å²) >= 11 is 0. The number of esters is 1. The molecule has 0 fully saturated rings. The van der Waals surface area contributed by atoms with Gasteiger partial charge in [0.15, 0.2) is 0 Å². The minimum absolute atomic E-state index is 0.0306. The molecule has 2 aromatic carbocycles. The van der Waals surface area contributed by atoms with Crippen molar-refractivity contribution in [3.05, 3.63) is 59.7 Å². The van der Waals surface area contributed by atoms with E-state index < -0.39 is 18.0 Å². The summed E-state index contributed by atoms with van der Waals surface area (Å²) in [5, 5.41) is 9.41. The van der Waals surface area contributed by atoms with Crippen LogP contribution in [0.2, 0.25) is 0 Å². The van der Waals surface area contributed by atoms with Crippen molar-refractivity contribution in [2.75, 3.05) is 59.4 Å². The zero-order valence-electron chi connectivity index (χ0n) is 19.0. The molecule has 1 aliphatic carbocycles. The largest absolute Gasteiger partial charge is 0.479 e. The molecule has 184 valence electrons. The molecule has 9 nitrogen and oxygen atoms in total. The van der Waals surface area contributed by atoms with E-state index in [1.54, 1.807) is 0 Å². The van der Waals surface area contributed by atoms with E-state index in [4.69, 9.17) is 29.4 Å². The second kappa shape index (κ2) is 13.8. The van der Waals surface area contributed by atoms with E-state index in [1.165, 1.54) is 0 Å². The van der Waals surface area contributed by atoms with Gasteiger partial charge in [0.1, 0.15) is 6.61 Å². The molecule has 3 rings (SSSR count). The highest BCUT2D eigenvalue weighted by molar-refractivity contribution is 5.97. The van der Waals surface area contributed by atoms with Crippen LogP contribution in [0.1, 0.15) is 17.0 Å². The number of carbonyl (C=O) groups excluding carboxylic acids is 1. The molecule has 0 aliphatic heterocycles. The van der Waals surface area contributed by atoms with Crippen LogP contribution in [0.5, 0.6) is 0 Å². The molecule has 3 N–H and O–H groups in total. The van der Waals surface area contributed by atoms with Crippen LogP contribution in [0.25, 0.3) is 11.1 Å². The average Bonchev–Trinajstić information content (AvgIpc) is 3.17. The van der Waals surface area contributed by atoms with Gasteiger partial charge in [0.2, 0.25) is 0 Å². The lowest BCUT2D eigenvalue weighted by molar-refractivity contribution is -0.171. The van der Waals surface area contributed by atoms with Crippen LogP contribution in [-0.2, 0) is 33.3 Å². The molecule has 0 bridgehead atoms. The number of ether oxygens (including phenoxy) is 5. The Morgan fingerprint density at radius 2 is 1.29 bits per heavy atom. The van der Waals surface area contributed by atoms with Crippen molar-refractivity contribution in [2.45, 2.75) is 12.0 Å². The summed E-state index contributed by atoms with van der Waals surface area (Å²) in [7, 11) is 0. The highest BCUT2D eigenvalue weighted by Crippen LogP contribution is 2.44. The van der Waals surface area contributed by atoms with Gasteiger partial charge in [0, 0.05) is 12.5 Å². The zero-order chi connectivity index (χ0) is 24.2. The van der Waals surface area contributed by atoms with Crippen LogP contribution < -0.4 is 5.73 Å². The minimum Gasteiger partial charge on any atom is -0.479 e. The smallest absolute Gasteiger partial charge is 0.347 e. The van der Waals surface area contributed by atoms with Crippen LogP contribution in [0.3, 0.4) is 0 Å². The van der Waals surface area contributed by atoms with E-state index in [1.807, 2.05) is 48.5 Å². The Hall–Kier alpha value is -2.82. The molecule has 1 aliphatic rings. The normalized spacial score (nSPS) is 13.3. The molecule has 0 radical (unpaired) electrons. The third-order valence-corrected chi connectivity index (χ3v) is 5.31. The second-order valence-corrected chi connectivity index (χ2v) is 7.57. The van der Waals surface area contributed by atoms with Gasteiger partial charge < -0.3 is 34.5 Å². The Labute approximate surface area is 198 Å². The molecule has 1 atom stereocenters. The molecule has 0 amide bonds. The van der Waals surface area contributed by atoms with Crippen molar-refractivity contribution in [3.63, 3.8) is 0 Å². The Morgan fingerprint density at radius 3 is 1.82 bits per heavy atom. The monoisotopic (exact) mass is 473 g/mol. The fraction of sp³-hybridized carbons (Fsp3) is 0.440. The molecule has 0 heterocycles. The Morgan fingerprint density at radius 1 is 0.794 bits per heavy atom. The molecule has 9 heteroatoms. The van der Waals surface area contributed by atoms with Crippen molar-refractivity contribution < 1.29 is 38.4 Å². The number of carboxylic acid groups (broad SMARTS) is 1. The number of fused-ring (bicyclic) bond motifs is 3. The van der Waals surface area contributed by atoms with Crippen LogP contribution in [-0.4, -0.2) is 82.5 Å². The maximum Gasteiger partial charge on any atom is 0.347 e. The first kappa shape index (κ1) is 25.8. The third-order valence-electron chi connectivity index (χ3n) is 5.31. The molecule has 0 saturated carbocycles. The van der Waals surface area contributed by atoms with Gasteiger partial charge >= 0.3 is 11.9 Å². The maximum absolute atomic E-state index is 12.5. The number of benzene rings is 2. The fourth-order valence-electron chi connectivity index (χ4n) is 3.77. The van der Waals surface area contributed by atoms with Gasteiger partial charge in [-0.25, -0.2) is 9.59 Å². The number of rotatable bonds is 16. The highest BCUT2D eigenvalue weighted by atomic mass is 16.6. The van der Waals surface area contributed by atoms with Crippen molar-refractivity contribution >= 4 is 11.9 Å². The second-order valence-electron chi connectivity index (χ2n) is 7.57. The highest BCUT2D eigenvalue weighted by Gasteiger charge is 2.33. The van der Waals surface area contributed by atoms with Crippen LogP contribution in [0, 0.1) is 0 Å². The molecule has 0 spiro atoms. The minimum atomic E-state index is -1.72. The first-order valence-corrected chi connectivity index (χ1v) is 11.3. The fourth-order valence-corrected chi connectivity index (χ4v) is 3.77. The van der Waals surface area contributed by atoms with Gasteiger partial charge in [-0.3, -0.25) is 0 Å². The van der Waals surface area contributed by atoms with Gasteiger partial charge in [0.05, 0.1) is 46.2 Å². The molecule has 0 saturated heterocycles. The number of carbonyl (C=O) groups is 2. The molecule has 2 aromatic rings. The summed E-state index contributed by atoms with van der Waals surface area (Å²) in [6, 6.07) is 15.8. The summed E-state index contributed by atoms with van der Waals surface area (Å²) < 4.78 is 26.4.